The van der Waals surface area contributed by atoms with Crippen LogP contribution in [0, 0.1) is 11.3 Å². The topological polar surface area (TPSA) is 92.8 Å². The molecule has 3 aromatic rings. The van der Waals surface area contributed by atoms with E-state index >= 15 is 0 Å². The molecule has 2 aromatic heterocycles. The van der Waals surface area contributed by atoms with Gasteiger partial charge in [-0.05, 0) is 43.4 Å². The van der Waals surface area contributed by atoms with Crippen LogP contribution in [0.3, 0.4) is 0 Å². The van der Waals surface area contributed by atoms with Crippen molar-refractivity contribution in [2.24, 2.45) is 7.05 Å². The lowest BCUT2D eigenvalue weighted by Crippen LogP contribution is -2.14. The Bertz CT molecular complexity index is 1160. The first kappa shape index (κ1) is 22.4. The number of fused-ring (bicyclic) bond motifs is 1. The number of nitriles is 1. The van der Waals surface area contributed by atoms with Gasteiger partial charge in [-0.2, -0.15) is 5.26 Å². The molecule has 7 nitrogen and oxygen atoms in total. The predicted molar refractivity (Wildman–Crippen MR) is 127 cm³/mol. The van der Waals surface area contributed by atoms with Crippen LogP contribution in [0.15, 0.2) is 29.4 Å². The van der Waals surface area contributed by atoms with Crippen LogP contribution in [-0.2, 0) is 24.7 Å². The second-order valence-corrected chi connectivity index (χ2v) is 9.72. The normalized spacial score (nSPS) is 13.5. The fraction of sp³-hybridized carbons (Fsp3) is 0.391. The highest BCUT2D eigenvalue weighted by molar-refractivity contribution is 7.99. The Kier molecular flexibility index (Phi) is 7.12. The van der Waals surface area contributed by atoms with E-state index in [4.69, 9.17) is 4.74 Å². The lowest BCUT2D eigenvalue weighted by molar-refractivity contribution is -0.113. The van der Waals surface area contributed by atoms with Crippen molar-refractivity contribution in [3.05, 3.63) is 40.3 Å². The number of anilines is 1. The Labute approximate surface area is 195 Å². The summed E-state index contributed by atoms with van der Waals surface area (Å²) in [5.74, 6) is 1.50. The third kappa shape index (κ3) is 4.81. The summed E-state index contributed by atoms with van der Waals surface area (Å²) in [6.45, 7) is 0. The fourth-order valence-corrected chi connectivity index (χ4v) is 5.84. The number of carbonyl (C=O) groups is 1. The first-order chi connectivity index (χ1) is 15.6. The average molecular weight is 468 g/mol. The number of nitrogens with zero attached hydrogens (tertiary/aromatic N) is 4. The van der Waals surface area contributed by atoms with Crippen molar-refractivity contribution in [1.82, 2.24) is 14.8 Å². The predicted octanol–water partition coefficient (Wildman–Crippen LogP) is 4.81. The third-order valence-electron chi connectivity index (χ3n) is 5.53. The molecule has 0 aliphatic heterocycles. The lowest BCUT2D eigenvalue weighted by Gasteiger charge is -2.08. The Morgan fingerprint density at radius 1 is 1.28 bits per heavy atom. The largest absolute Gasteiger partial charge is 0.497 e. The van der Waals surface area contributed by atoms with Crippen molar-refractivity contribution in [3.8, 4) is 23.2 Å². The van der Waals surface area contributed by atoms with E-state index in [-0.39, 0.29) is 11.7 Å². The molecular formula is C23H25N5O2S2. The molecule has 0 fully saturated rings. The quantitative estimate of drug-likeness (QED) is 0.523. The Hall–Kier alpha value is -2.83. The Morgan fingerprint density at radius 3 is 2.88 bits per heavy atom. The smallest absolute Gasteiger partial charge is 0.235 e. The number of hydrogen-bond donors (Lipinski definition) is 1. The summed E-state index contributed by atoms with van der Waals surface area (Å²) < 4.78 is 7.15. The van der Waals surface area contributed by atoms with Gasteiger partial charge < -0.3 is 14.6 Å². The maximum absolute atomic E-state index is 12.7. The molecule has 9 heteroatoms. The molecule has 2 heterocycles. The van der Waals surface area contributed by atoms with E-state index in [9.17, 15) is 10.1 Å². The molecule has 0 atom stereocenters. The van der Waals surface area contributed by atoms with Gasteiger partial charge in [-0.1, -0.05) is 36.7 Å². The second-order valence-electron chi connectivity index (χ2n) is 7.67. The van der Waals surface area contributed by atoms with Crippen molar-refractivity contribution >= 4 is 34.0 Å². The van der Waals surface area contributed by atoms with Gasteiger partial charge >= 0.3 is 0 Å². The van der Waals surface area contributed by atoms with E-state index in [1.807, 2.05) is 35.9 Å². The molecule has 1 aliphatic carbocycles. The molecule has 1 amide bonds. The zero-order valence-corrected chi connectivity index (χ0v) is 19.8. The molecule has 0 saturated carbocycles. The van der Waals surface area contributed by atoms with E-state index in [2.05, 4.69) is 21.6 Å². The van der Waals surface area contributed by atoms with Crippen molar-refractivity contribution in [3.63, 3.8) is 0 Å². The summed E-state index contributed by atoms with van der Waals surface area (Å²) in [5, 5.41) is 22.5. The van der Waals surface area contributed by atoms with Crippen molar-refractivity contribution in [1.29, 1.82) is 5.26 Å². The average Bonchev–Trinajstić information content (AvgIpc) is 3.31. The number of amides is 1. The summed E-state index contributed by atoms with van der Waals surface area (Å²) in [4.78, 5) is 13.9. The number of benzene rings is 1. The van der Waals surface area contributed by atoms with Crippen molar-refractivity contribution in [2.45, 2.75) is 43.7 Å². The van der Waals surface area contributed by atoms with Gasteiger partial charge in [0.05, 0.1) is 18.4 Å². The molecule has 32 heavy (non-hydrogen) atoms. The molecule has 1 aromatic carbocycles. The number of thiophene rings is 1. The van der Waals surface area contributed by atoms with Gasteiger partial charge in [0.25, 0.3) is 0 Å². The van der Waals surface area contributed by atoms with Gasteiger partial charge in [-0.15, -0.1) is 21.5 Å². The SMILES string of the molecule is COc1cccc(-c2nnc(SCC(=O)Nc3sc4c(c3C#N)CCCCCC4)n2C)c1. The van der Waals surface area contributed by atoms with Gasteiger partial charge in [-0.3, -0.25) is 4.79 Å². The summed E-state index contributed by atoms with van der Waals surface area (Å²) in [6, 6.07) is 9.95. The zero-order valence-electron chi connectivity index (χ0n) is 18.2. The molecule has 0 bridgehead atoms. The summed E-state index contributed by atoms with van der Waals surface area (Å²) in [7, 11) is 3.50. The monoisotopic (exact) mass is 467 g/mol. The summed E-state index contributed by atoms with van der Waals surface area (Å²) in [5.41, 5.74) is 2.67. The van der Waals surface area contributed by atoms with Crippen molar-refractivity contribution in [2.75, 3.05) is 18.2 Å². The first-order valence-electron chi connectivity index (χ1n) is 10.6. The number of carbonyl (C=O) groups excluding carboxylic acids is 1. The number of aryl methyl sites for hydroxylation is 1. The second kappa shape index (κ2) is 10.2. The highest BCUT2D eigenvalue weighted by Gasteiger charge is 2.21. The van der Waals surface area contributed by atoms with Crippen LogP contribution >= 0.6 is 23.1 Å². The van der Waals surface area contributed by atoms with Gasteiger partial charge in [0.1, 0.15) is 16.8 Å². The zero-order chi connectivity index (χ0) is 22.5. The number of aromatic nitrogens is 3. The molecular weight excluding hydrogens is 442 g/mol. The Morgan fingerprint density at radius 2 is 2.09 bits per heavy atom. The van der Waals surface area contributed by atoms with Crippen LogP contribution in [0.1, 0.15) is 41.7 Å². The van der Waals surface area contributed by atoms with Crippen LogP contribution in [0.2, 0.25) is 0 Å². The van der Waals surface area contributed by atoms with Crippen LogP contribution < -0.4 is 10.1 Å². The maximum Gasteiger partial charge on any atom is 0.235 e. The van der Waals surface area contributed by atoms with Crippen LogP contribution in [0.4, 0.5) is 5.00 Å². The molecule has 4 rings (SSSR count). The van der Waals surface area contributed by atoms with Crippen LogP contribution in [-0.4, -0.2) is 33.5 Å². The van der Waals surface area contributed by atoms with E-state index in [1.54, 1.807) is 18.4 Å². The van der Waals surface area contributed by atoms with E-state index in [0.717, 1.165) is 42.6 Å². The highest BCUT2D eigenvalue weighted by atomic mass is 32.2. The molecule has 0 saturated heterocycles. The maximum atomic E-state index is 12.7. The number of rotatable bonds is 6. The molecule has 0 radical (unpaired) electrons. The summed E-state index contributed by atoms with van der Waals surface area (Å²) >= 11 is 2.88. The molecule has 1 aliphatic rings. The summed E-state index contributed by atoms with van der Waals surface area (Å²) in [6.07, 6.45) is 6.59. The standard InChI is InChI=1S/C23H25N5O2S2/c1-28-21(15-8-7-9-16(12-15)30-2)26-27-23(28)31-14-20(29)25-22-18(13-24)17-10-5-3-4-6-11-19(17)32-22/h7-9,12H,3-6,10-11,14H2,1-2H3,(H,25,29). The van der Waals surface area contributed by atoms with Gasteiger partial charge in [0.2, 0.25) is 5.91 Å². The number of ether oxygens (including phenoxy) is 1. The van der Waals surface area contributed by atoms with E-state index in [0.29, 0.717) is 21.5 Å². The lowest BCUT2D eigenvalue weighted by atomic mass is 9.97. The van der Waals surface area contributed by atoms with Gasteiger partial charge in [0, 0.05) is 17.5 Å². The minimum Gasteiger partial charge on any atom is -0.497 e. The van der Waals surface area contributed by atoms with Gasteiger partial charge in [0.15, 0.2) is 11.0 Å². The number of methoxy groups -OCH3 is 1. The minimum atomic E-state index is -0.147. The van der Waals surface area contributed by atoms with E-state index in [1.165, 1.54) is 29.5 Å². The molecule has 1 N–H and O–H groups in total. The van der Waals surface area contributed by atoms with Crippen LogP contribution in [0.5, 0.6) is 5.75 Å². The number of nitrogens with one attached hydrogen (secondary N) is 1. The van der Waals surface area contributed by atoms with E-state index < -0.39 is 0 Å². The number of hydrogen-bond acceptors (Lipinski definition) is 7. The number of thioether (sulfide) groups is 1. The van der Waals surface area contributed by atoms with Crippen LogP contribution in [0.25, 0.3) is 11.4 Å². The fourth-order valence-electron chi connectivity index (χ4n) is 3.87. The highest BCUT2D eigenvalue weighted by Crippen LogP contribution is 2.36. The minimum absolute atomic E-state index is 0.147. The molecule has 166 valence electrons. The van der Waals surface area contributed by atoms with Crippen molar-refractivity contribution < 1.29 is 9.53 Å². The molecule has 0 spiro atoms. The Balaban J connectivity index is 1.43. The first-order valence-corrected chi connectivity index (χ1v) is 12.4. The van der Waals surface area contributed by atoms with Gasteiger partial charge in [-0.25, -0.2) is 0 Å². The molecule has 0 unspecified atom stereocenters. The third-order valence-corrected chi connectivity index (χ3v) is 7.76.